The van der Waals surface area contributed by atoms with Gasteiger partial charge in [0.25, 0.3) is 10.0 Å². The van der Waals surface area contributed by atoms with Crippen LogP contribution in [-0.2, 0) is 10.0 Å². The zero-order chi connectivity index (χ0) is 14.9. The summed E-state index contributed by atoms with van der Waals surface area (Å²) in [6.07, 6.45) is 0. The fourth-order valence-electron chi connectivity index (χ4n) is 1.67. The Kier molecular flexibility index (Phi) is 3.87. The molecule has 4 nitrogen and oxygen atoms in total. The largest absolute Gasteiger partial charge is 0.398 e. The zero-order valence-corrected chi connectivity index (χ0v) is 12.1. The predicted molar refractivity (Wildman–Crippen MR) is 77.8 cm³/mol. The number of hydrogen-bond acceptors (Lipinski definition) is 3. The fraction of sp³-hybridized carbons (Fsp3) is 0.0769. The summed E-state index contributed by atoms with van der Waals surface area (Å²) in [5.41, 5.74) is 6.18. The van der Waals surface area contributed by atoms with Gasteiger partial charge in [-0.3, -0.25) is 4.72 Å². The van der Waals surface area contributed by atoms with E-state index in [0.717, 1.165) is 0 Å². The second kappa shape index (κ2) is 5.30. The Balaban J connectivity index is 2.41. The molecule has 0 aliphatic heterocycles. The lowest BCUT2D eigenvalue weighted by molar-refractivity contribution is 0.599. The van der Waals surface area contributed by atoms with Crippen molar-refractivity contribution in [3.05, 3.63) is 52.8 Å². The van der Waals surface area contributed by atoms with Crippen LogP contribution >= 0.6 is 11.6 Å². The molecule has 0 saturated carbocycles. The molecule has 0 atom stereocenters. The van der Waals surface area contributed by atoms with Crippen LogP contribution in [0.5, 0.6) is 0 Å². The highest BCUT2D eigenvalue weighted by Gasteiger charge is 2.19. The molecular weight excluding hydrogens is 303 g/mol. The second-order valence-corrected chi connectivity index (χ2v) is 6.36. The van der Waals surface area contributed by atoms with Crippen molar-refractivity contribution in [1.82, 2.24) is 0 Å². The summed E-state index contributed by atoms with van der Waals surface area (Å²) in [5, 5.41) is 0.322. The lowest BCUT2D eigenvalue weighted by atomic mass is 10.2. The highest BCUT2D eigenvalue weighted by Crippen LogP contribution is 2.25. The fourth-order valence-corrected chi connectivity index (χ4v) is 3.03. The summed E-state index contributed by atoms with van der Waals surface area (Å²) in [4.78, 5) is -0.151. The normalized spacial score (nSPS) is 11.3. The Hall–Kier alpha value is -1.79. The van der Waals surface area contributed by atoms with Gasteiger partial charge in [0, 0.05) is 5.02 Å². The Bertz CT molecular complexity index is 763. The van der Waals surface area contributed by atoms with Crippen molar-refractivity contribution in [3.8, 4) is 0 Å². The number of benzene rings is 2. The van der Waals surface area contributed by atoms with E-state index < -0.39 is 15.8 Å². The van der Waals surface area contributed by atoms with Gasteiger partial charge in [-0.1, -0.05) is 17.7 Å². The lowest BCUT2D eigenvalue weighted by Crippen LogP contribution is -2.15. The van der Waals surface area contributed by atoms with E-state index >= 15 is 0 Å². The van der Waals surface area contributed by atoms with Gasteiger partial charge in [-0.15, -0.1) is 0 Å². The first-order valence-corrected chi connectivity index (χ1v) is 7.50. The summed E-state index contributed by atoms with van der Waals surface area (Å²) in [7, 11) is -3.97. The van der Waals surface area contributed by atoms with Gasteiger partial charge in [-0.25, -0.2) is 12.8 Å². The van der Waals surface area contributed by atoms with Crippen molar-refractivity contribution >= 4 is 33.0 Å². The predicted octanol–water partition coefficient (Wildman–Crippen LogP) is 3.17. The maximum Gasteiger partial charge on any atom is 0.264 e. The van der Waals surface area contributed by atoms with E-state index in [0.29, 0.717) is 10.6 Å². The van der Waals surface area contributed by atoms with Crippen LogP contribution in [-0.4, -0.2) is 8.42 Å². The molecule has 0 bridgehead atoms. The van der Waals surface area contributed by atoms with E-state index in [2.05, 4.69) is 4.72 Å². The molecule has 0 radical (unpaired) electrons. The smallest absolute Gasteiger partial charge is 0.264 e. The number of nitrogen functional groups attached to an aromatic ring is 1. The highest BCUT2D eigenvalue weighted by atomic mass is 35.5. The van der Waals surface area contributed by atoms with Crippen LogP contribution in [0.2, 0.25) is 5.02 Å². The molecule has 0 spiro atoms. The summed E-state index contributed by atoms with van der Waals surface area (Å²) >= 11 is 5.71. The summed E-state index contributed by atoms with van der Waals surface area (Å²) in [5.74, 6) is -0.652. The average Bonchev–Trinajstić information content (AvgIpc) is 2.32. The number of nitrogens with one attached hydrogen (secondary N) is 1. The average molecular weight is 315 g/mol. The number of sulfonamides is 1. The third kappa shape index (κ3) is 3.02. The number of aryl methyl sites for hydroxylation is 1. The van der Waals surface area contributed by atoms with Gasteiger partial charge in [0.05, 0.1) is 11.4 Å². The number of nitrogens with two attached hydrogens (primary N) is 1. The van der Waals surface area contributed by atoms with Gasteiger partial charge in [0.2, 0.25) is 0 Å². The minimum Gasteiger partial charge on any atom is -0.398 e. The summed E-state index contributed by atoms with van der Waals surface area (Å²) < 4.78 is 40.2. The van der Waals surface area contributed by atoms with Gasteiger partial charge in [-0.2, -0.15) is 0 Å². The molecule has 0 aromatic heterocycles. The minimum absolute atomic E-state index is 0.00230. The third-order valence-electron chi connectivity index (χ3n) is 2.63. The molecule has 0 amide bonds. The molecule has 7 heteroatoms. The number of hydrogen-bond donors (Lipinski definition) is 2. The molecule has 0 aliphatic carbocycles. The lowest BCUT2D eigenvalue weighted by Gasteiger charge is -2.11. The summed E-state index contributed by atoms with van der Waals surface area (Å²) in [6, 6.07) is 8.19. The van der Waals surface area contributed by atoms with Crippen LogP contribution in [0.4, 0.5) is 15.8 Å². The van der Waals surface area contributed by atoms with Gasteiger partial charge >= 0.3 is 0 Å². The first kappa shape index (κ1) is 14.6. The molecule has 0 unspecified atom stereocenters. The maximum absolute atomic E-state index is 13.7. The quantitative estimate of drug-likeness (QED) is 0.855. The van der Waals surface area contributed by atoms with Crippen LogP contribution in [0.25, 0.3) is 0 Å². The second-order valence-electron chi connectivity index (χ2n) is 4.27. The van der Waals surface area contributed by atoms with E-state index in [1.807, 2.05) is 0 Å². The van der Waals surface area contributed by atoms with E-state index in [9.17, 15) is 12.8 Å². The van der Waals surface area contributed by atoms with Crippen LogP contribution in [0.1, 0.15) is 5.56 Å². The molecule has 0 heterocycles. The SMILES string of the molecule is Cc1ccc(NS(=O)(=O)c2ccc(Cl)cc2N)c(F)c1. The van der Waals surface area contributed by atoms with Crippen molar-refractivity contribution in [2.45, 2.75) is 11.8 Å². The Morgan fingerprint density at radius 3 is 2.50 bits per heavy atom. The molecule has 0 aliphatic rings. The zero-order valence-electron chi connectivity index (χ0n) is 10.5. The summed E-state index contributed by atoms with van der Waals surface area (Å²) in [6.45, 7) is 1.71. The van der Waals surface area contributed by atoms with Crippen molar-refractivity contribution < 1.29 is 12.8 Å². The Labute approximate surface area is 121 Å². The van der Waals surface area contributed by atoms with Crippen molar-refractivity contribution in [2.24, 2.45) is 0 Å². The Morgan fingerprint density at radius 2 is 1.90 bits per heavy atom. The highest BCUT2D eigenvalue weighted by molar-refractivity contribution is 7.92. The van der Waals surface area contributed by atoms with E-state index in [4.69, 9.17) is 17.3 Å². The van der Waals surface area contributed by atoms with Gasteiger partial charge in [0.15, 0.2) is 0 Å². The molecular formula is C13H12ClFN2O2S. The van der Waals surface area contributed by atoms with Crippen LogP contribution < -0.4 is 10.5 Å². The van der Waals surface area contributed by atoms with Crippen molar-refractivity contribution in [3.63, 3.8) is 0 Å². The molecule has 3 N–H and O–H groups in total. The molecule has 2 aromatic carbocycles. The van der Waals surface area contributed by atoms with E-state index in [1.54, 1.807) is 13.0 Å². The standard InChI is InChI=1S/C13H12ClFN2O2S/c1-8-2-4-12(10(15)6-8)17-20(18,19)13-5-3-9(14)7-11(13)16/h2-7,17H,16H2,1H3. The van der Waals surface area contributed by atoms with E-state index in [-0.39, 0.29) is 16.3 Å². The maximum atomic E-state index is 13.7. The Morgan fingerprint density at radius 1 is 1.20 bits per heavy atom. The van der Waals surface area contributed by atoms with Crippen LogP contribution in [0, 0.1) is 12.7 Å². The first-order chi connectivity index (χ1) is 9.29. The molecule has 2 aromatic rings. The van der Waals surface area contributed by atoms with Crippen molar-refractivity contribution in [1.29, 1.82) is 0 Å². The molecule has 106 valence electrons. The molecule has 2 rings (SSSR count). The first-order valence-electron chi connectivity index (χ1n) is 5.63. The molecule has 0 fully saturated rings. The van der Waals surface area contributed by atoms with Crippen molar-refractivity contribution in [2.75, 3.05) is 10.5 Å². The van der Waals surface area contributed by atoms with Crippen LogP contribution in [0.15, 0.2) is 41.3 Å². The minimum atomic E-state index is -3.97. The topological polar surface area (TPSA) is 72.2 Å². The number of anilines is 2. The number of rotatable bonds is 3. The van der Waals surface area contributed by atoms with Gasteiger partial charge in [0.1, 0.15) is 10.7 Å². The molecule has 20 heavy (non-hydrogen) atoms. The van der Waals surface area contributed by atoms with Gasteiger partial charge in [-0.05, 0) is 42.8 Å². The van der Waals surface area contributed by atoms with Gasteiger partial charge < -0.3 is 5.73 Å². The number of halogens is 2. The van der Waals surface area contributed by atoms with E-state index in [1.165, 1.54) is 30.3 Å². The third-order valence-corrected chi connectivity index (χ3v) is 4.30. The monoisotopic (exact) mass is 314 g/mol. The molecule has 0 saturated heterocycles. The van der Waals surface area contributed by atoms with Crippen LogP contribution in [0.3, 0.4) is 0 Å².